The maximum absolute atomic E-state index is 13.1. The van der Waals surface area contributed by atoms with E-state index in [1.165, 1.54) is 46.1 Å². The average molecular weight is 2220 g/mol. The lowest BCUT2D eigenvalue weighted by Gasteiger charge is -2.35. The highest BCUT2D eigenvalue weighted by molar-refractivity contribution is 7.95. The van der Waals surface area contributed by atoms with Crippen molar-refractivity contribution in [3.05, 3.63) is 204 Å². The minimum absolute atomic E-state index is 0.00382. The number of aliphatic hydroxyl groups is 6. The number of sulfonamides is 1. The van der Waals surface area contributed by atoms with Crippen molar-refractivity contribution in [1.29, 1.82) is 26.3 Å². The third kappa shape index (κ3) is 32.5. The number of aliphatic imine (C=N–C) groups is 1. The minimum atomic E-state index is -4.04. The van der Waals surface area contributed by atoms with Gasteiger partial charge >= 0.3 is 0 Å². The zero-order valence-electron chi connectivity index (χ0n) is 90.1. The molecule has 0 radical (unpaired) electrons. The number of hydrogen-bond acceptors (Lipinski definition) is 34. The number of aliphatic hydroxyl groups excluding tert-OH is 2. The number of hydrogen-bond donors (Lipinski definition) is 8. The number of thiazole rings is 4. The molecule has 0 amide bonds. The Hall–Kier alpha value is -10.0. The summed E-state index contributed by atoms with van der Waals surface area (Å²) < 4.78 is 107. The first kappa shape index (κ1) is 123. The van der Waals surface area contributed by atoms with Gasteiger partial charge in [-0.1, -0.05) is 96.9 Å². The van der Waals surface area contributed by atoms with Crippen LogP contribution in [0.3, 0.4) is 0 Å². The molecule has 808 valence electrons. The van der Waals surface area contributed by atoms with Gasteiger partial charge in [0.05, 0.1) is 106 Å². The van der Waals surface area contributed by atoms with E-state index in [1.807, 2.05) is 104 Å². The number of rotatable bonds is 37. The molecule has 0 saturated heterocycles. The number of nitrogens with zero attached hydrogens (tertiary/aromatic N) is 10. The fourth-order valence-corrected chi connectivity index (χ4v) is 28.3. The Kier molecular flexibility index (Phi) is 40.8. The quantitative estimate of drug-likeness (QED) is 0.00776. The fraction of sp³-hybridized carbons (Fsp3) is 0.536. The Labute approximate surface area is 900 Å². The molecule has 5 aromatic carbocycles. The van der Waals surface area contributed by atoms with Gasteiger partial charge in [-0.2, -0.15) is 31.3 Å². The smallest absolute Gasteiger partial charge is 0.249 e. The first-order chi connectivity index (χ1) is 69.5. The van der Waals surface area contributed by atoms with E-state index < -0.39 is 112 Å². The van der Waals surface area contributed by atoms with Gasteiger partial charge in [0.1, 0.15) is 72.3 Å². The van der Waals surface area contributed by atoms with Crippen LogP contribution in [0.5, 0.6) is 0 Å². The van der Waals surface area contributed by atoms with Gasteiger partial charge in [0.25, 0.3) is 0 Å². The van der Waals surface area contributed by atoms with Crippen LogP contribution >= 0.6 is 45.3 Å². The van der Waals surface area contributed by atoms with E-state index in [0.29, 0.717) is 79.9 Å². The van der Waals surface area contributed by atoms with E-state index in [4.69, 9.17) is 25.8 Å². The van der Waals surface area contributed by atoms with Crippen LogP contribution in [-0.4, -0.2) is 133 Å². The molecule has 0 spiro atoms. The van der Waals surface area contributed by atoms with Gasteiger partial charge in [-0.05, 0) is 336 Å². The number of Topliss-reactive ketones (excluding diaryl/α,β-unsaturated/α-hetero) is 3. The molecule has 0 unspecified atom stereocenters. The van der Waals surface area contributed by atoms with Gasteiger partial charge in [-0.15, -0.1) is 45.3 Å². The predicted octanol–water partition coefficient (Wildman–Crippen LogP) is 20.2. The summed E-state index contributed by atoms with van der Waals surface area (Å²) in [5.41, 5.74) is 18.7. The van der Waals surface area contributed by atoms with Crippen molar-refractivity contribution in [2.24, 2.45) is 10.1 Å². The summed E-state index contributed by atoms with van der Waals surface area (Å²) in [6.07, 6.45) is 12.7. The molecule has 4 heterocycles. The first-order valence-electron chi connectivity index (χ1n) is 50.2. The van der Waals surface area contributed by atoms with Gasteiger partial charge in [0.15, 0.2) is 59.4 Å². The third-order valence-corrected chi connectivity index (χ3v) is 44.9. The van der Waals surface area contributed by atoms with Gasteiger partial charge in [-0.25, -0.2) is 63.5 Å². The van der Waals surface area contributed by atoms with Crippen LogP contribution in [0.15, 0.2) is 82.5 Å². The molecule has 14 rings (SSSR count). The molecule has 150 heavy (non-hydrogen) atoms. The van der Waals surface area contributed by atoms with Crippen molar-refractivity contribution in [2.45, 2.75) is 379 Å². The lowest BCUT2D eigenvalue weighted by Crippen LogP contribution is -2.40. The molecule has 5 aliphatic rings. The summed E-state index contributed by atoms with van der Waals surface area (Å²) in [6.45, 7) is 43.6. The van der Waals surface area contributed by atoms with Crippen LogP contribution in [0.25, 0.3) is 0 Å². The summed E-state index contributed by atoms with van der Waals surface area (Å²) in [6, 6.07) is 29.4. The average Bonchev–Trinajstić information content (AvgIpc) is 1.63. The Morgan fingerprint density at radius 1 is 0.413 bits per heavy atom. The molecule has 5 saturated carbocycles. The van der Waals surface area contributed by atoms with Crippen LogP contribution in [0, 0.1) is 56.7 Å². The monoisotopic (exact) mass is 2220 g/mol. The van der Waals surface area contributed by atoms with Crippen LogP contribution < -0.4 is 10.9 Å². The minimum Gasteiger partial charge on any atom is -0.411 e. The van der Waals surface area contributed by atoms with E-state index in [9.17, 15) is 99.3 Å². The number of nitriles is 5. The Bertz CT molecular complexity index is 6740. The number of carbonyl (C=O) groups is 3. The summed E-state index contributed by atoms with van der Waals surface area (Å²) in [5.74, 6) is -0.402. The van der Waals surface area contributed by atoms with E-state index in [0.717, 1.165) is 180 Å². The zero-order valence-corrected chi connectivity index (χ0v) is 97.6. The number of primary sulfonamides is 1. The molecular weight excluding hydrogens is 2080 g/mol. The third-order valence-electron chi connectivity index (χ3n) is 26.4. The van der Waals surface area contributed by atoms with Crippen molar-refractivity contribution >= 4 is 128 Å². The zero-order chi connectivity index (χ0) is 113. The maximum atomic E-state index is 13.1. The standard InChI is InChI=1S/C24H30N2O4S2.2C23H28N2O5S2.C14H14N2O.C13H26N2O4S2Si.C13H16N2/c1-6-21-22(31-23(26-21)24(4,5)28)32(29,30)13-17(27)11-20-18(14(2)3)9-15(12-25)10-19(20)16-7-8-16;2*1-13(2)17-7-14(10-24)8-18(15-5-6-15)19(17)9-16(27)12-32(29,30)21-20(11-26)25-22(31-21)23(3,4)28;1-9(2)12-5-10(7-15)6-13(11-3-4-11)14(12)16-8-17;1-12(2,3)22(6,7)19-8-9-10(21(14,17)18)20-11(15-9)13(4,5)16;1-8(2)11-5-9(7-14)6-12(13(11)15)10-3-4-10/h9-10,14,16,28H,6-8,11,13H2,1-5H3;2*7-8,13,15,26,28H,5-6,9,11-12H2,1-4H3;5-6,9,11H,3-4H2,1-2H3;16H,8H2,1-7H3,(H2,14,17,18);5-6,8,10H,3-4,15H2,1-2H3. The van der Waals surface area contributed by atoms with E-state index in [2.05, 4.69) is 103 Å². The molecule has 4 aromatic heterocycles. The van der Waals surface area contributed by atoms with Crippen LogP contribution in [0.1, 0.15) is 419 Å². The second-order valence-electron chi connectivity index (χ2n) is 44.3. The highest BCUT2D eigenvalue weighted by atomic mass is 32.3. The number of nitrogen functional groups attached to an aromatic ring is 1. The molecular formula is C110H142N12O19S8Si. The first-order valence-corrected chi connectivity index (χ1v) is 62.9. The number of anilines is 1. The summed E-state index contributed by atoms with van der Waals surface area (Å²) in [5, 5.41) is 112. The molecule has 10 N–H and O–H groups in total. The number of isocyanates is 1. The Morgan fingerprint density at radius 3 is 0.927 bits per heavy atom. The highest BCUT2D eigenvalue weighted by Gasteiger charge is 2.42. The molecule has 0 aliphatic heterocycles. The topological polar surface area (TPSA) is 570 Å². The van der Waals surface area contributed by atoms with Crippen molar-refractivity contribution in [3.8, 4) is 30.3 Å². The lowest BCUT2D eigenvalue weighted by molar-refractivity contribution is -0.116. The van der Waals surface area contributed by atoms with Gasteiger partial charge in [0, 0.05) is 24.9 Å². The molecule has 5 aliphatic carbocycles. The predicted molar refractivity (Wildman–Crippen MR) is 585 cm³/mol. The van der Waals surface area contributed by atoms with Crippen molar-refractivity contribution in [1.82, 2.24) is 19.9 Å². The van der Waals surface area contributed by atoms with Crippen molar-refractivity contribution < 1.29 is 87.9 Å². The number of ketones is 3. The van der Waals surface area contributed by atoms with Gasteiger partial charge in [0.2, 0.25) is 16.1 Å². The lowest BCUT2D eigenvalue weighted by atomic mass is 9.87. The normalized spacial score (nSPS) is 14.6. The molecule has 31 nitrogen and oxygen atoms in total. The molecule has 40 heteroatoms. The number of aryl methyl sites for hydroxylation is 1. The van der Waals surface area contributed by atoms with Gasteiger partial charge in [-0.3, -0.25) is 14.4 Å². The molecule has 5 fully saturated rings. The number of aromatic nitrogens is 4. The van der Waals surface area contributed by atoms with E-state index >= 15 is 0 Å². The van der Waals surface area contributed by atoms with Crippen molar-refractivity contribution in [2.75, 3.05) is 23.0 Å². The number of benzene rings is 5. The summed E-state index contributed by atoms with van der Waals surface area (Å²) >= 11 is 3.39. The van der Waals surface area contributed by atoms with E-state index in [-0.39, 0.29) is 104 Å². The Balaban J connectivity index is 0.000000204. The second-order valence-corrected chi connectivity index (χ2v) is 61.4. The van der Waals surface area contributed by atoms with Gasteiger partial charge < -0.3 is 40.8 Å². The van der Waals surface area contributed by atoms with Crippen LogP contribution in [0.4, 0.5) is 11.4 Å². The summed E-state index contributed by atoms with van der Waals surface area (Å²) in [4.78, 5) is 70.0. The number of carbonyl (C=O) groups excluding carboxylic acids is 4. The molecule has 9 aromatic rings. The van der Waals surface area contributed by atoms with E-state index in [1.54, 1.807) is 52.8 Å². The van der Waals surface area contributed by atoms with Crippen LogP contribution in [0.2, 0.25) is 18.1 Å². The number of sulfone groups is 3. The molecule has 0 atom stereocenters. The number of nitrogens with two attached hydrogens (primary N) is 2. The summed E-state index contributed by atoms with van der Waals surface area (Å²) in [7, 11) is -17.9. The SMILES string of the molecule is CC(C)(O)c1nc(CO[Si](C)(C)C(C)(C)C)c(S(N)(=O)=O)s1.CC(C)c1cc(C#N)cc(C2CC2)c1CC(=O)CS(=O)(=O)c1sc(C(C)(C)O)nc1CO.CC(C)c1cc(C#N)cc(C2CC2)c1CC(=O)CS(=O)(=O)c1sc(C(C)(C)O)nc1CO.CC(C)c1cc(C#N)cc(C2CC2)c1N.CC(C)c1cc(C#N)cc(C2CC2)c1N=C=O.CCc1nc(C(C)(C)O)sc1S(=O)(=O)CC(=O)Cc1c(C(C)C)cc(C#N)cc1C1CC1. The largest absolute Gasteiger partial charge is 0.411 e. The fourth-order valence-electron chi connectivity index (χ4n) is 16.7. The second kappa shape index (κ2) is 49.6. The van der Waals surface area contributed by atoms with Crippen molar-refractivity contribution in [3.63, 3.8) is 0 Å². The van der Waals surface area contributed by atoms with Crippen LogP contribution in [-0.2, 0) is 131 Å². The highest BCUT2D eigenvalue weighted by Crippen LogP contribution is 2.52. The molecule has 0 bridgehead atoms. The Morgan fingerprint density at radius 2 is 0.667 bits per heavy atom. The maximum Gasteiger partial charge on any atom is 0.249 e.